The Kier molecular flexibility index (Phi) is 6.27. The molecule has 1 saturated heterocycles. The molecular weight excluding hydrogens is 392 g/mol. The Morgan fingerprint density at radius 1 is 1.14 bits per heavy atom. The molecule has 2 aromatic rings. The van der Waals surface area contributed by atoms with Crippen molar-refractivity contribution < 1.29 is 13.2 Å². The van der Waals surface area contributed by atoms with Gasteiger partial charge >= 0.3 is 0 Å². The minimum absolute atomic E-state index is 0.0123. The maximum absolute atomic E-state index is 12.8. The second kappa shape index (κ2) is 8.35. The van der Waals surface area contributed by atoms with Crippen LogP contribution in [-0.4, -0.2) is 31.7 Å². The quantitative estimate of drug-likeness (QED) is 0.796. The molecule has 1 amide bonds. The van der Waals surface area contributed by atoms with E-state index >= 15 is 0 Å². The van der Waals surface area contributed by atoms with Crippen LogP contribution in [0.25, 0.3) is 0 Å². The average Bonchev–Trinajstić information content (AvgIpc) is 3.20. The molecule has 152 valence electrons. The van der Waals surface area contributed by atoms with Crippen LogP contribution in [0.1, 0.15) is 48.1 Å². The number of carbonyl (C=O) groups excluding carboxylic acids is 1. The fourth-order valence-electron chi connectivity index (χ4n) is 3.75. The maximum Gasteiger partial charge on any atom is 0.252 e. The summed E-state index contributed by atoms with van der Waals surface area (Å²) in [6.45, 7) is 9.01. The molecule has 1 fully saturated rings. The number of thiophene rings is 1. The third-order valence-electron chi connectivity index (χ3n) is 5.62. The standard InChI is InChI=1S/C21H28N2O3S2/c1-14-12-16(3)19(13-15(14)2)17(4)22-21(24)18-7-9-23(10-8-18)28(25,26)20-6-5-11-27-20/h5-6,11-13,17-18H,7-10H2,1-4H3,(H,22,24)/t17-/m1/s1. The van der Waals surface area contributed by atoms with Gasteiger partial charge < -0.3 is 5.32 Å². The molecule has 7 heteroatoms. The SMILES string of the molecule is Cc1cc(C)c([C@@H](C)NC(=O)C2CCN(S(=O)(=O)c3cccs3)CC2)cc1C. The van der Waals surface area contributed by atoms with Crippen LogP contribution in [0.2, 0.25) is 0 Å². The molecule has 0 unspecified atom stereocenters. The molecule has 0 radical (unpaired) electrons. The normalized spacial score (nSPS) is 17.4. The van der Waals surface area contributed by atoms with Gasteiger partial charge in [0.05, 0.1) is 6.04 Å². The van der Waals surface area contributed by atoms with Crippen molar-refractivity contribution in [3.63, 3.8) is 0 Å². The predicted octanol–water partition coefficient (Wildman–Crippen LogP) is 3.95. The van der Waals surface area contributed by atoms with E-state index in [0.29, 0.717) is 30.1 Å². The van der Waals surface area contributed by atoms with Gasteiger partial charge in [-0.05, 0) is 74.2 Å². The number of benzene rings is 1. The first kappa shape index (κ1) is 21.0. The monoisotopic (exact) mass is 420 g/mol. The summed E-state index contributed by atoms with van der Waals surface area (Å²) in [6, 6.07) is 7.60. The number of nitrogens with zero attached hydrogens (tertiary/aromatic N) is 1. The number of sulfonamides is 1. The lowest BCUT2D eigenvalue weighted by Gasteiger charge is -2.31. The van der Waals surface area contributed by atoms with Crippen molar-refractivity contribution >= 4 is 27.3 Å². The fourth-order valence-corrected chi connectivity index (χ4v) is 6.37. The van der Waals surface area contributed by atoms with Gasteiger partial charge in [0.25, 0.3) is 10.0 Å². The minimum Gasteiger partial charge on any atom is -0.349 e. The van der Waals surface area contributed by atoms with Crippen molar-refractivity contribution in [2.75, 3.05) is 13.1 Å². The highest BCUT2D eigenvalue weighted by atomic mass is 32.2. The largest absolute Gasteiger partial charge is 0.349 e. The van der Waals surface area contributed by atoms with Crippen LogP contribution in [0.3, 0.4) is 0 Å². The van der Waals surface area contributed by atoms with E-state index in [1.165, 1.54) is 32.3 Å². The molecule has 1 aliphatic rings. The van der Waals surface area contributed by atoms with Gasteiger partial charge in [0, 0.05) is 19.0 Å². The van der Waals surface area contributed by atoms with E-state index in [2.05, 4.69) is 38.2 Å². The second-order valence-corrected chi connectivity index (χ2v) is 10.7. The number of rotatable bonds is 5. The fraction of sp³-hybridized carbons (Fsp3) is 0.476. The van der Waals surface area contributed by atoms with E-state index in [0.717, 1.165) is 5.56 Å². The molecule has 2 heterocycles. The first-order valence-electron chi connectivity index (χ1n) is 9.62. The smallest absolute Gasteiger partial charge is 0.252 e. The van der Waals surface area contributed by atoms with Crippen molar-refractivity contribution in [1.82, 2.24) is 9.62 Å². The molecule has 28 heavy (non-hydrogen) atoms. The highest BCUT2D eigenvalue weighted by Crippen LogP contribution is 2.27. The van der Waals surface area contributed by atoms with Crippen LogP contribution in [0, 0.1) is 26.7 Å². The van der Waals surface area contributed by atoms with Crippen molar-refractivity contribution in [1.29, 1.82) is 0 Å². The van der Waals surface area contributed by atoms with Crippen molar-refractivity contribution in [3.8, 4) is 0 Å². The molecule has 0 aliphatic carbocycles. The Labute approximate surface area is 171 Å². The predicted molar refractivity (Wildman–Crippen MR) is 113 cm³/mol. The zero-order valence-electron chi connectivity index (χ0n) is 16.9. The lowest BCUT2D eigenvalue weighted by atomic mass is 9.94. The van der Waals surface area contributed by atoms with E-state index in [1.807, 2.05) is 6.92 Å². The van der Waals surface area contributed by atoms with Crippen LogP contribution in [-0.2, 0) is 14.8 Å². The van der Waals surface area contributed by atoms with Crippen molar-refractivity contribution in [3.05, 3.63) is 51.9 Å². The third kappa shape index (κ3) is 4.31. The van der Waals surface area contributed by atoms with E-state index in [1.54, 1.807) is 17.5 Å². The summed E-state index contributed by atoms with van der Waals surface area (Å²) in [5.41, 5.74) is 4.77. The van der Waals surface area contributed by atoms with Gasteiger partial charge in [-0.1, -0.05) is 18.2 Å². The van der Waals surface area contributed by atoms with Crippen molar-refractivity contribution in [2.45, 2.75) is 50.8 Å². The van der Waals surface area contributed by atoms with Crippen LogP contribution in [0.5, 0.6) is 0 Å². The van der Waals surface area contributed by atoms with Crippen LogP contribution >= 0.6 is 11.3 Å². The zero-order valence-corrected chi connectivity index (χ0v) is 18.5. The first-order valence-corrected chi connectivity index (χ1v) is 11.9. The van der Waals surface area contributed by atoms with Crippen LogP contribution in [0.4, 0.5) is 0 Å². The minimum atomic E-state index is -3.43. The van der Waals surface area contributed by atoms with Gasteiger partial charge in [-0.2, -0.15) is 4.31 Å². The Morgan fingerprint density at radius 2 is 1.79 bits per heavy atom. The summed E-state index contributed by atoms with van der Waals surface area (Å²) in [4.78, 5) is 12.8. The molecule has 1 aromatic heterocycles. The number of aryl methyl sites for hydroxylation is 3. The summed E-state index contributed by atoms with van der Waals surface area (Å²) < 4.78 is 27.1. The van der Waals surface area contributed by atoms with Crippen LogP contribution < -0.4 is 5.32 Å². The maximum atomic E-state index is 12.8. The van der Waals surface area contributed by atoms with E-state index in [-0.39, 0.29) is 17.9 Å². The second-order valence-electron chi connectivity index (χ2n) is 7.63. The molecule has 1 N–H and O–H groups in total. The Bertz CT molecular complexity index is 944. The van der Waals surface area contributed by atoms with E-state index in [9.17, 15) is 13.2 Å². The zero-order chi connectivity index (χ0) is 20.5. The number of nitrogens with one attached hydrogen (secondary N) is 1. The first-order chi connectivity index (χ1) is 13.2. The number of amides is 1. The van der Waals surface area contributed by atoms with Gasteiger partial charge in [0.1, 0.15) is 4.21 Å². The highest BCUT2D eigenvalue weighted by Gasteiger charge is 2.33. The molecule has 1 aliphatic heterocycles. The molecule has 1 atom stereocenters. The van der Waals surface area contributed by atoms with Crippen molar-refractivity contribution in [2.24, 2.45) is 5.92 Å². The summed E-state index contributed by atoms with van der Waals surface area (Å²) >= 11 is 1.23. The number of hydrogen-bond acceptors (Lipinski definition) is 4. The van der Waals surface area contributed by atoms with Gasteiger partial charge in [-0.25, -0.2) is 8.42 Å². The number of piperidine rings is 1. The average molecular weight is 421 g/mol. The molecule has 1 aromatic carbocycles. The summed E-state index contributed by atoms with van der Waals surface area (Å²) in [7, 11) is -3.43. The summed E-state index contributed by atoms with van der Waals surface area (Å²) in [5, 5.41) is 4.90. The summed E-state index contributed by atoms with van der Waals surface area (Å²) in [5.74, 6) is -0.137. The molecule has 5 nitrogen and oxygen atoms in total. The Hall–Kier alpha value is -1.70. The molecular formula is C21H28N2O3S2. The number of hydrogen-bond donors (Lipinski definition) is 1. The Morgan fingerprint density at radius 3 is 2.39 bits per heavy atom. The molecule has 0 bridgehead atoms. The van der Waals surface area contributed by atoms with E-state index < -0.39 is 10.0 Å². The van der Waals surface area contributed by atoms with Crippen LogP contribution in [0.15, 0.2) is 33.9 Å². The topological polar surface area (TPSA) is 66.5 Å². The van der Waals surface area contributed by atoms with E-state index in [4.69, 9.17) is 0 Å². The highest BCUT2D eigenvalue weighted by molar-refractivity contribution is 7.91. The molecule has 0 saturated carbocycles. The lowest BCUT2D eigenvalue weighted by Crippen LogP contribution is -2.43. The van der Waals surface area contributed by atoms with Gasteiger partial charge in [-0.3, -0.25) is 4.79 Å². The lowest BCUT2D eigenvalue weighted by molar-refractivity contribution is -0.126. The third-order valence-corrected chi connectivity index (χ3v) is 8.89. The Balaban J connectivity index is 1.61. The summed E-state index contributed by atoms with van der Waals surface area (Å²) in [6.07, 6.45) is 1.10. The van der Waals surface area contributed by atoms with Gasteiger partial charge in [0.2, 0.25) is 5.91 Å². The van der Waals surface area contributed by atoms with Gasteiger partial charge in [-0.15, -0.1) is 11.3 Å². The molecule has 3 rings (SSSR count). The van der Waals surface area contributed by atoms with Gasteiger partial charge in [0.15, 0.2) is 0 Å². The molecule has 0 spiro atoms. The number of carbonyl (C=O) groups is 1.